The standard InChI is InChI=1S/C7H11F2N.ClH/c8-3-6-1-7(9,2-6)5-10-4-6;/h10H,1-5H2;1H. The summed E-state index contributed by atoms with van der Waals surface area (Å²) >= 11 is 0. The van der Waals surface area contributed by atoms with E-state index in [1.54, 1.807) is 0 Å². The van der Waals surface area contributed by atoms with Crippen molar-refractivity contribution in [2.75, 3.05) is 19.8 Å². The molecule has 0 amide bonds. The van der Waals surface area contributed by atoms with Crippen LogP contribution >= 0.6 is 12.4 Å². The molecule has 2 bridgehead atoms. The molecule has 4 heteroatoms. The summed E-state index contributed by atoms with van der Waals surface area (Å²) in [6, 6.07) is 0. The Kier molecular flexibility index (Phi) is 2.14. The van der Waals surface area contributed by atoms with Gasteiger partial charge < -0.3 is 5.32 Å². The van der Waals surface area contributed by atoms with Crippen LogP contribution in [-0.4, -0.2) is 25.4 Å². The molecule has 0 atom stereocenters. The van der Waals surface area contributed by atoms with Crippen LogP contribution in [0.15, 0.2) is 0 Å². The fourth-order valence-electron chi connectivity index (χ4n) is 2.24. The van der Waals surface area contributed by atoms with Gasteiger partial charge in [-0.2, -0.15) is 0 Å². The van der Waals surface area contributed by atoms with Crippen molar-refractivity contribution in [1.29, 1.82) is 0 Å². The van der Waals surface area contributed by atoms with Gasteiger partial charge in [-0.05, 0) is 12.8 Å². The lowest BCUT2D eigenvalue weighted by Gasteiger charge is -2.55. The van der Waals surface area contributed by atoms with Crippen molar-refractivity contribution in [3.05, 3.63) is 0 Å². The smallest absolute Gasteiger partial charge is 0.124 e. The van der Waals surface area contributed by atoms with E-state index in [2.05, 4.69) is 5.32 Å². The van der Waals surface area contributed by atoms with Crippen LogP contribution in [0.4, 0.5) is 8.78 Å². The summed E-state index contributed by atoms with van der Waals surface area (Å²) in [6.45, 7) is 0.718. The molecule has 0 spiro atoms. The minimum absolute atomic E-state index is 0. The summed E-state index contributed by atoms with van der Waals surface area (Å²) < 4.78 is 25.4. The molecule has 1 saturated carbocycles. The summed E-state index contributed by atoms with van der Waals surface area (Å²) in [4.78, 5) is 0. The van der Waals surface area contributed by atoms with E-state index in [0.717, 1.165) is 0 Å². The topological polar surface area (TPSA) is 12.0 Å². The van der Waals surface area contributed by atoms with Gasteiger partial charge in [0.25, 0.3) is 0 Å². The lowest BCUT2D eigenvalue weighted by atomic mass is 9.58. The molecule has 3 rings (SSSR count). The zero-order valence-corrected chi connectivity index (χ0v) is 7.02. The molecule has 66 valence electrons. The third kappa shape index (κ3) is 1.25. The van der Waals surface area contributed by atoms with Gasteiger partial charge in [0.15, 0.2) is 0 Å². The van der Waals surface area contributed by atoms with Gasteiger partial charge in [0.1, 0.15) is 5.67 Å². The van der Waals surface area contributed by atoms with E-state index in [-0.39, 0.29) is 24.5 Å². The third-order valence-electron chi connectivity index (χ3n) is 2.61. The van der Waals surface area contributed by atoms with Crippen molar-refractivity contribution in [1.82, 2.24) is 5.32 Å². The maximum atomic E-state index is 13.1. The molecule has 1 nitrogen and oxygen atoms in total. The molecule has 0 aromatic rings. The molecule has 1 aliphatic carbocycles. The Hall–Kier alpha value is 0.110. The number of hydrogen-bond donors (Lipinski definition) is 1. The Morgan fingerprint density at radius 3 is 2.27 bits per heavy atom. The lowest BCUT2D eigenvalue weighted by molar-refractivity contribution is -0.107. The molecule has 3 aliphatic rings. The zero-order chi connectivity index (χ0) is 7.24. The van der Waals surface area contributed by atoms with Crippen LogP contribution in [-0.2, 0) is 0 Å². The van der Waals surface area contributed by atoms with Crippen molar-refractivity contribution in [3.63, 3.8) is 0 Å². The first-order valence-electron chi connectivity index (χ1n) is 3.64. The maximum absolute atomic E-state index is 13.1. The van der Waals surface area contributed by atoms with Crippen LogP contribution in [0.1, 0.15) is 12.8 Å². The molecule has 11 heavy (non-hydrogen) atoms. The van der Waals surface area contributed by atoms with Crippen LogP contribution in [0.3, 0.4) is 0 Å². The van der Waals surface area contributed by atoms with Gasteiger partial charge in [0.05, 0.1) is 6.67 Å². The molecule has 2 heterocycles. The highest BCUT2D eigenvalue weighted by Crippen LogP contribution is 2.53. The van der Waals surface area contributed by atoms with Gasteiger partial charge in [-0.3, -0.25) is 4.39 Å². The number of alkyl halides is 2. The van der Waals surface area contributed by atoms with Crippen LogP contribution < -0.4 is 5.32 Å². The summed E-state index contributed by atoms with van der Waals surface area (Å²) in [7, 11) is 0. The SMILES string of the molecule is Cl.FCC12CNCC(F)(C1)C2. The first-order valence-corrected chi connectivity index (χ1v) is 3.64. The summed E-state index contributed by atoms with van der Waals surface area (Å²) in [5.41, 5.74) is -1.39. The molecule has 3 fully saturated rings. The van der Waals surface area contributed by atoms with Crippen molar-refractivity contribution >= 4 is 12.4 Å². The summed E-state index contributed by atoms with van der Waals surface area (Å²) in [5, 5.41) is 2.90. The molecular formula is C7H12ClF2N. The number of piperidine rings is 2. The van der Waals surface area contributed by atoms with E-state index in [9.17, 15) is 8.78 Å². The number of fused-ring (bicyclic) bond motifs is 2. The zero-order valence-electron chi connectivity index (χ0n) is 6.20. The van der Waals surface area contributed by atoms with E-state index in [1.807, 2.05) is 0 Å². The number of halogens is 3. The Balaban J connectivity index is 0.000000605. The summed E-state index contributed by atoms with van der Waals surface area (Å²) in [6.07, 6.45) is 0.868. The van der Waals surface area contributed by atoms with Crippen molar-refractivity contribution in [3.8, 4) is 0 Å². The third-order valence-corrected chi connectivity index (χ3v) is 2.61. The average Bonchev–Trinajstić information content (AvgIpc) is 1.86. The number of rotatable bonds is 1. The molecule has 0 aromatic carbocycles. The Bertz CT molecular complexity index is 157. The predicted octanol–water partition coefficient (Wildman–Crippen LogP) is 1.47. The first kappa shape index (κ1) is 9.20. The monoisotopic (exact) mass is 183 g/mol. The van der Waals surface area contributed by atoms with Gasteiger partial charge in [-0.15, -0.1) is 12.4 Å². The average molecular weight is 184 g/mol. The highest BCUT2D eigenvalue weighted by molar-refractivity contribution is 5.85. The molecule has 1 N–H and O–H groups in total. The van der Waals surface area contributed by atoms with E-state index in [0.29, 0.717) is 25.9 Å². The lowest BCUT2D eigenvalue weighted by Crippen LogP contribution is -2.64. The van der Waals surface area contributed by atoms with Crippen LogP contribution in [0.2, 0.25) is 0 Å². The molecular weight excluding hydrogens is 172 g/mol. The normalized spacial score (nSPS) is 47.5. The second kappa shape index (κ2) is 2.56. The van der Waals surface area contributed by atoms with E-state index >= 15 is 0 Å². The second-order valence-electron chi connectivity index (χ2n) is 3.74. The fourth-order valence-corrected chi connectivity index (χ4v) is 2.24. The highest BCUT2D eigenvalue weighted by atomic mass is 35.5. The highest BCUT2D eigenvalue weighted by Gasteiger charge is 2.58. The van der Waals surface area contributed by atoms with Gasteiger partial charge in [-0.1, -0.05) is 0 Å². The minimum atomic E-state index is -1.07. The van der Waals surface area contributed by atoms with Gasteiger partial charge in [-0.25, -0.2) is 4.39 Å². The van der Waals surface area contributed by atoms with E-state index in [4.69, 9.17) is 0 Å². The van der Waals surface area contributed by atoms with Gasteiger partial charge in [0.2, 0.25) is 0 Å². The molecule has 0 unspecified atom stereocenters. The number of nitrogens with one attached hydrogen (secondary N) is 1. The van der Waals surface area contributed by atoms with Crippen molar-refractivity contribution in [2.24, 2.45) is 5.41 Å². The molecule has 2 saturated heterocycles. The first-order chi connectivity index (χ1) is 4.68. The van der Waals surface area contributed by atoms with Crippen molar-refractivity contribution in [2.45, 2.75) is 18.5 Å². The molecule has 0 aromatic heterocycles. The Morgan fingerprint density at radius 1 is 1.27 bits per heavy atom. The maximum Gasteiger partial charge on any atom is 0.124 e. The predicted molar refractivity (Wildman–Crippen MR) is 41.6 cm³/mol. The van der Waals surface area contributed by atoms with Crippen molar-refractivity contribution < 1.29 is 8.78 Å². The van der Waals surface area contributed by atoms with Gasteiger partial charge >= 0.3 is 0 Å². The second-order valence-corrected chi connectivity index (χ2v) is 3.74. The summed E-state index contributed by atoms with van der Waals surface area (Å²) in [5.74, 6) is 0. The largest absolute Gasteiger partial charge is 0.313 e. The number of hydrogen-bond acceptors (Lipinski definition) is 1. The Morgan fingerprint density at radius 2 is 1.91 bits per heavy atom. The van der Waals surface area contributed by atoms with E-state index in [1.165, 1.54) is 0 Å². The quantitative estimate of drug-likeness (QED) is 0.649. The van der Waals surface area contributed by atoms with Crippen LogP contribution in [0, 0.1) is 5.41 Å². The Labute approximate surface area is 71.0 Å². The van der Waals surface area contributed by atoms with Crippen LogP contribution in [0.25, 0.3) is 0 Å². The van der Waals surface area contributed by atoms with Crippen LogP contribution in [0.5, 0.6) is 0 Å². The van der Waals surface area contributed by atoms with Gasteiger partial charge in [0, 0.05) is 18.5 Å². The molecule has 2 aliphatic heterocycles. The van der Waals surface area contributed by atoms with E-state index < -0.39 is 5.67 Å². The fraction of sp³-hybridized carbons (Fsp3) is 1.00. The molecule has 0 radical (unpaired) electrons. The minimum Gasteiger partial charge on any atom is -0.313 e.